The van der Waals surface area contributed by atoms with Crippen molar-refractivity contribution in [3.8, 4) is 0 Å². The van der Waals surface area contributed by atoms with Gasteiger partial charge in [0.15, 0.2) is 9.84 Å². The van der Waals surface area contributed by atoms with Crippen LogP contribution in [0.1, 0.15) is 39.9 Å². The lowest BCUT2D eigenvalue weighted by molar-refractivity contribution is -0.140. The molecular weight excluding hydrogens is 615 g/mol. The van der Waals surface area contributed by atoms with Crippen LogP contribution in [0.25, 0.3) is 5.83 Å². The highest BCUT2D eigenvalue weighted by molar-refractivity contribution is 7.91. The third-order valence-electron chi connectivity index (χ3n) is 5.02. The van der Waals surface area contributed by atoms with Crippen molar-refractivity contribution in [2.45, 2.75) is 37.4 Å². The second-order valence-corrected chi connectivity index (χ2v) is 11.1. The van der Waals surface area contributed by atoms with E-state index in [0.717, 1.165) is 6.92 Å². The fourth-order valence-corrected chi connectivity index (χ4v) is 5.23. The summed E-state index contributed by atoms with van der Waals surface area (Å²) in [6.07, 6.45) is -15.8. The molecule has 2 unspecified atom stereocenters. The van der Waals surface area contributed by atoms with Gasteiger partial charge in [-0.05, 0) is 48.9 Å². The van der Waals surface area contributed by atoms with Crippen molar-refractivity contribution in [3.05, 3.63) is 75.6 Å². The highest BCUT2D eigenvalue weighted by Gasteiger charge is 2.41. The molecule has 2 rings (SSSR count). The van der Waals surface area contributed by atoms with Gasteiger partial charge in [0.05, 0.1) is 16.9 Å². The number of hydrogen-bond donors (Lipinski definition) is 1. The number of carbonyl (C=O) groups is 1. The number of nitrogens with one attached hydrogen (secondary N) is 1. The molecule has 2 aromatic rings. The Labute approximate surface area is 224 Å². The summed E-state index contributed by atoms with van der Waals surface area (Å²) in [5.41, 5.74) is -4.96. The number of allylic oxidation sites excluding steroid dienone is 1. The maximum Gasteiger partial charge on any atom is 0.417 e. The summed E-state index contributed by atoms with van der Waals surface area (Å²) in [5, 5.41) is 1.33. The molecule has 222 valence electrons. The smallest absolute Gasteiger partial charge is 0.349 e. The summed E-state index contributed by atoms with van der Waals surface area (Å²) in [5.74, 6) is -11.0. The molecule has 0 saturated carbocycles. The minimum absolute atomic E-state index is 0.0117. The van der Waals surface area contributed by atoms with Gasteiger partial charge in [-0.2, -0.15) is 39.5 Å². The van der Waals surface area contributed by atoms with Gasteiger partial charge < -0.3 is 5.32 Å². The predicted molar refractivity (Wildman–Crippen MR) is 122 cm³/mol. The zero-order valence-electron chi connectivity index (χ0n) is 19.8. The highest BCUT2D eigenvalue weighted by atomic mass is 35.5. The first-order valence-electron chi connectivity index (χ1n) is 10.7. The van der Waals surface area contributed by atoms with E-state index in [1.165, 1.54) is 0 Å². The standard InChI is InChI=1S/C23H17ClF11NO3S/c1-11(9-40(38,39)10-21(27,28)29)36-20(37)16-3-2-12(6-18(16)23(33,34)35)19(26)8-17(22(30,31)32)13-4-14(24)7-15(25)5-13/h2-8,11,17H,9-10H2,1H3,(H,36,37)/b19-8-. The number of carbonyl (C=O) groups excluding carboxylic acids is 1. The molecule has 2 aromatic carbocycles. The van der Waals surface area contributed by atoms with Crippen molar-refractivity contribution in [2.24, 2.45) is 0 Å². The topological polar surface area (TPSA) is 63.2 Å². The number of alkyl halides is 9. The number of halogens is 12. The third-order valence-corrected chi connectivity index (χ3v) is 7.01. The molecule has 0 spiro atoms. The van der Waals surface area contributed by atoms with Crippen molar-refractivity contribution in [1.29, 1.82) is 0 Å². The summed E-state index contributed by atoms with van der Waals surface area (Å²) in [7, 11) is -4.82. The first-order chi connectivity index (χ1) is 18.0. The van der Waals surface area contributed by atoms with E-state index < -0.39 is 96.7 Å². The van der Waals surface area contributed by atoms with Gasteiger partial charge in [-0.1, -0.05) is 17.7 Å². The Morgan fingerprint density at radius 3 is 2.10 bits per heavy atom. The highest BCUT2D eigenvalue weighted by Crippen LogP contribution is 2.40. The molecule has 1 amide bonds. The van der Waals surface area contributed by atoms with Crippen LogP contribution in [0.4, 0.5) is 48.3 Å². The Kier molecular flexibility index (Phi) is 9.94. The molecule has 0 aromatic heterocycles. The van der Waals surface area contributed by atoms with Crippen LogP contribution >= 0.6 is 11.6 Å². The Hall–Kier alpha value is -2.88. The second kappa shape index (κ2) is 11.9. The van der Waals surface area contributed by atoms with Crippen LogP contribution in [0.3, 0.4) is 0 Å². The van der Waals surface area contributed by atoms with Crippen LogP contribution in [0.5, 0.6) is 0 Å². The number of sulfone groups is 1. The van der Waals surface area contributed by atoms with Crippen LogP contribution in [0.2, 0.25) is 5.02 Å². The largest absolute Gasteiger partial charge is 0.417 e. The Morgan fingerprint density at radius 1 is 1.00 bits per heavy atom. The number of amides is 1. The van der Waals surface area contributed by atoms with Crippen LogP contribution < -0.4 is 5.32 Å². The molecule has 0 radical (unpaired) electrons. The zero-order chi connectivity index (χ0) is 30.8. The maximum absolute atomic E-state index is 14.8. The molecule has 0 bridgehead atoms. The van der Waals surface area contributed by atoms with Crippen molar-refractivity contribution in [2.75, 3.05) is 11.5 Å². The fraction of sp³-hybridized carbons (Fsp3) is 0.348. The summed E-state index contributed by atoms with van der Waals surface area (Å²) in [6, 6.07) is 1.08. The van der Waals surface area contributed by atoms with E-state index in [9.17, 15) is 61.5 Å². The van der Waals surface area contributed by atoms with Gasteiger partial charge >= 0.3 is 18.5 Å². The number of benzene rings is 2. The monoisotopic (exact) mass is 631 g/mol. The molecule has 0 fully saturated rings. The lowest BCUT2D eigenvalue weighted by atomic mass is 9.95. The Morgan fingerprint density at radius 2 is 1.60 bits per heavy atom. The number of hydrogen-bond acceptors (Lipinski definition) is 3. The zero-order valence-corrected chi connectivity index (χ0v) is 21.4. The molecule has 0 aliphatic heterocycles. The minimum Gasteiger partial charge on any atom is -0.349 e. The average Bonchev–Trinajstić information content (AvgIpc) is 2.72. The fourth-order valence-electron chi connectivity index (χ4n) is 3.53. The molecule has 17 heteroatoms. The van der Waals surface area contributed by atoms with E-state index in [4.69, 9.17) is 11.6 Å². The van der Waals surface area contributed by atoms with Crippen LogP contribution in [0, 0.1) is 5.82 Å². The molecule has 4 nitrogen and oxygen atoms in total. The first-order valence-corrected chi connectivity index (χ1v) is 12.9. The van der Waals surface area contributed by atoms with Gasteiger partial charge in [0, 0.05) is 16.6 Å². The Balaban J connectivity index is 2.44. The van der Waals surface area contributed by atoms with E-state index in [0.29, 0.717) is 30.3 Å². The van der Waals surface area contributed by atoms with E-state index in [1.54, 1.807) is 5.32 Å². The third kappa shape index (κ3) is 9.64. The second-order valence-electron chi connectivity index (χ2n) is 8.54. The molecule has 1 N–H and O–H groups in total. The van der Waals surface area contributed by atoms with Gasteiger partial charge in [0.25, 0.3) is 5.91 Å². The van der Waals surface area contributed by atoms with Crippen LogP contribution in [-0.4, -0.2) is 44.2 Å². The van der Waals surface area contributed by atoms with E-state index in [1.807, 2.05) is 0 Å². The maximum atomic E-state index is 14.8. The predicted octanol–water partition coefficient (Wildman–Crippen LogP) is 7.25. The van der Waals surface area contributed by atoms with Gasteiger partial charge in [-0.3, -0.25) is 4.79 Å². The SMILES string of the molecule is CC(CS(=O)(=O)CC(F)(F)F)NC(=O)c1ccc(/C(F)=C/C(c2cc(F)cc(Cl)c2)C(F)(F)F)cc1C(F)(F)F. The van der Waals surface area contributed by atoms with Gasteiger partial charge in [-0.25, -0.2) is 17.2 Å². The molecule has 2 atom stereocenters. The molecular formula is C23H17ClF11NO3S. The molecule has 0 aliphatic rings. The van der Waals surface area contributed by atoms with Crippen molar-refractivity contribution < 1.29 is 61.5 Å². The van der Waals surface area contributed by atoms with E-state index in [2.05, 4.69) is 0 Å². The molecule has 0 saturated heterocycles. The number of rotatable bonds is 8. The quantitative estimate of drug-likeness (QED) is 0.312. The van der Waals surface area contributed by atoms with Gasteiger partial charge in [-0.15, -0.1) is 0 Å². The molecule has 0 aliphatic carbocycles. The lowest BCUT2D eigenvalue weighted by Gasteiger charge is -2.19. The normalized spacial score (nSPS) is 15.1. The van der Waals surface area contributed by atoms with Crippen LogP contribution in [0.15, 0.2) is 42.5 Å². The van der Waals surface area contributed by atoms with Crippen LogP contribution in [-0.2, 0) is 16.0 Å². The van der Waals surface area contributed by atoms with E-state index >= 15 is 0 Å². The van der Waals surface area contributed by atoms with Gasteiger partial charge in [0.1, 0.15) is 23.3 Å². The summed E-state index contributed by atoms with van der Waals surface area (Å²) < 4.78 is 171. The average molecular weight is 632 g/mol. The molecule has 40 heavy (non-hydrogen) atoms. The minimum atomic E-state index is -5.38. The van der Waals surface area contributed by atoms with Gasteiger partial charge in [0.2, 0.25) is 0 Å². The molecule has 0 heterocycles. The first kappa shape index (κ1) is 33.3. The van der Waals surface area contributed by atoms with Crippen molar-refractivity contribution in [3.63, 3.8) is 0 Å². The summed E-state index contributed by atoms with van der Waals surface area (Å²) in [4.78, 5) is 12.4. The summed E-state index contributed by atoms with van der Waals surface area (Å²) >= 11 is 5.55. The summed E-state index contributed by atoms with van der Waals surface area (Å²) in [6.45, 7) is 0.909. The lowest BCUT2D eigenvalue weighted by Crippen LogP contribution is -2.40. The van der Waals surface area contributed by atoms with Crippen molar-refractivity contribution in [1.82, 2.24) is 5.32 Å². The van der Waals surface area contributed by atoms with E-state index in [-0.39, 0.29) is 12.1 Å². The Bertz CT molecular complexity index is 1360. The van der Waals surface area contributed by atoms with Crippen molar-refractivity contribution >= 4 is 33.2 Å².